The standard InChI is InChI=1S/C11H19ClN4O2S/c1-4-6-18-11-15-9(12)14-10(16-11)13-8(2)5-7-19(3)17/h8H,4-7H2,1-3H3,(H,13,14,15,16). The third kappa shape index (κ3) is 6.68. The molecular weight excluding hydrogens is 288 g/mol. The molecule has 0 saturated carbocycles. The second kappa shape index (κ2) is 8.27. The van der Waals surface area contributed by atoms with Gasteiger partial charge in [-0.25, -0.2) is 0 Å². The van der Waals surface area contributed by atoms with E-state index in [-0.39, 0.29) is 17.3 Å². The molecule has 0 aromatic carbocycles. The van der Waals surface area contributed by atoms with Crippen LogP contribution in [0, 0.1) is 0 Å². The van der Waals surface area contributed by atoms with E-state index >= 15 is 0 Å². The molecule has 0 aliphatic rings. The van der Waals surface area contributed by atoms with Crippen molar-refractivity contribution in [1.82, 2.24) is 15.0 Å². The van der Waals surface area contributed by atoms with Crippen LogP contribution in [0.2, 0.25) is 5.28 Å². The van der Waals surface area contributed by atoms with Gasteiger partial charge in [0.05, 0.1) is 6.61 Å². The molecule has 0 spiro atoms. The number of halogens is 1. The van der Waals surface area contributed by atoms with E-state index in [1.807, 2.05) is 13.8 Å². The van der Waals surface area contributed by atoms with E-state index in [1.165, 1.54) is 0 Å². The van der Waals surface area contributed by atoms with Crippen molar-refractivity contribution in [2.75, 3.05) is 23.9 Å². The molecule has 19 heavy (non-hydrogen) atoms. The van der Waals surface area contributed by atoms with Crippen LogP contribution >= 0.6 is 11.6 Å². The number of rotatable bonds is 8. The zero-order valence-electron chi connectivity index (χ0n) is 11.4. The van der Waals surface area contributed by atoms with Gasteiger partial charge < -0.3 is 10.1 Å². The van der Waals surface area contributed by atoms with E-state index in [4.69, 9.17) is 16.3 Å². The number of nitrogens with zero attached hydrogens (tertiary/aromatic N) is 3. The van der Waals surface area contributed by atoms with E-state index in [0.29, 0.717) is 18.3 Å². The largest absolute Gasteiger partial charge is 0.463 e. The average molecular weight is 307 g/mol. The van der Waals surface area contributed by atoms with Crippen molar-refractivity contribution < 1.29 is 8.95 Å². The molecule has 108 valence electrons. The first-order valence-electron chi connectivity index (χ1n) is 6.12. The zero-order chi connectivity index (χ0) is 14.3. The molecule has 1 aromatic heterocycles. The highest BCUT2D eigenvalue weighted by atomic mass is 35.5. The Hall–Kier alpha value is -0.950. The van der Waals surface area contributed by atoms with Crippen LogP contribution in [0.5, 0.6) is 6.01 Å². The third-order valence-corrected chi connectivity index (χ3v) is 3.22. The Morgan fingerprint density at radius 2 is 2.16 bits per heavy atom. The average Bonchev–Trinajstić information content (AvgIpc) is 2.33. The van der Waals surface area contributed by atoms with Crippen molar-refractivity contribution in [2.24, 2.45) is 0 Å². The molecule has 0 radical (unpaired) electrons. The molecule has 1 rings (SSSR count). The molecule has 0 amide bonds. The fourth-order valence-electron chi connectivity index (χ4n) is 1.29. The molecule has 2 atom stereocenters. The van der Waals surface area contributed by atoms with Gasteiger partial charge in [-0.05, 0) is 31.4 Å². The van der Waals surface area contributed by atoms with E-state index in [2.05, 4.69) is 20.3 Å². The van der Waals surface area contributed by atoms with Crippen LogP contribution in [0.4, 0.5) is 5.95 Å². The molecule has 1 N–H and O–H groups in total. The van der Waals surface area contributed by atoms with Crippen molar-refractivity contribution in [1.29, 1.82) is 0 Å². The smallest absolute Gasteiger partial charge is 0.322 e. The van der Waals surface area contributed by atoms with E-state index < -0.39 is 10.8 Å². The van der Waals surface area contributed by atoms with Crippen molar-refractivity contribution in [3.63, 3.8) is 0 Å². The summed E-state index contributed by atoms with van der Waals surface area (Å²) in [6.07, 6.45) is 3.31. The van der Waals surface area contributed by atoms with Crippen molar-refractivity contribution in [3.05, 3.63) is 5.28 Å². The number of aromatic nitrogens is 3. The van der Waals surface area contributed by atoms with Crippen LogP contribution < -0.4 is 10.1 Å². The summed E-state index contributed by atoms with van der Waals surface area (Å²) in [6, 6.07) is 0.317. The van der Waals surface area contributed by atoms with Crippen LogP contribution in [-0.4, -0.2) is 43.8 Å². The molecular formula is C11H19ClN4O2S. The minimum Gasteiger partial charge on any atom is -0.463 e. The molecule has 0 aliphatic carbocycles. The summed E-state index contributed by atoms with van der Waals surface area (Å²) in [7, 11) is -0.801. The van der Waals surface area contributed by atoms with Gasteiger partial charge in [-0.2, -0.15) is 15.0 Å². The predicted octanol–water partition coefficient (Wildman–Crippen LogP) is 1.88. The third-order valence-electron chi connectivity index (χ3n) is 2.24. The minimum atomic E-state index is -0.801. The highest BCUT2D eigenvalue weighted by molar-refractivity contribution is 7.84. The Kier molecular flexibility index (Phi) is 7.01. The Morgan fingerprint density at radius 3 is 2.79 bits per heavy atom. The van der Waals surface area contributed by atoms with E-state index in [1.54, 1.807) is 6.26 Å². The fourth-order valence-corrected chi connectivity index (χ4v) is 2.13. The molecule has 0 saturated heterocycles. The van der Waals surface area contributed by atoms with Gasteiger partial charge in [0.1, 0.15) is 0 Å². The summed E-state index contributed by atoms with van der Waals surface area (Å²) in [6.45, 7) is 4.50. The first-order chi connectivity index (χ1) is 9.01. The summed E-state index contributed by atoms with van der Waals surface area (Å²) in [5.41, 5.74) is 0. The number of nitrogens with one attached hydrogen (secondary N) is 1. The first kappa shape index (κ1) is 16.1. The lowest BCUT2D eigenvalue weighted by Gasteiger charge is -2.13. The summed E-state index contributed by atoms with van der Waals surface area (Å²) in [5.74, 6) is 1.01. The zero-order valence-corrected chi connectivity index (χ0v) is 12.9. The molecule has 8 heteroatoms. The minimum absolute atomic E-state index is 0.0925. The van der Waals surface area contributed by atoms with E-state index in [9.17, 15) is 4.21 Å². The Balaban J connectivity index is 2.61. The number of ether oxygens (including phenoxy) is 1. The molecule has 0 aliphatic heterocycles. The van der Waals surface area contributed by atoms with Gasteiger partial charge >= 0.3 is 6.01 Å². The van der Waals surface area contributed by atoms with Crippen LogP contribution in [0.25, 0.3) is 0 Å². The Morgan fingerprint density at radius 1 is 1.42 bits per heavy atom. The van der Waals surface area contributed by atoms with Crippen molar-refractivity contribution in [3.8, 4) is 6.01 Å². The summed E-state index contributed by atoms with van der Waals surface area (Å²) in [4.78, 5) is 12.0. The summed E-state index contributed by atoms with van der Waals surface area (Å²) in [5, 5.41) is 3.19. The number of hydrogen-bond acceptors (Lipinski definition) is 6. The van der Waals surface area contributed by atoms with Gasteiger partial charge in [0.2, 0.25) is 11.2 Å². The lowest BCUT2D eigenvalue weighted by Crippen LogP contribution is -2.20. The van der Waals surface area contributed by atoms with Crippen LogP contribution in [-0.2, 0) is 10.8 Å². The molecule has 0 bridgehead atoms. The Labute approximate surface area is 120 Å². The van der Waals surface area contributed by atoms with Gasteiger partial charge in [-0.1, -0.05) is 6.92 Å². The van der Waals surface area contributed by atoms with Gasteiger partial charge in [-0.3, -0.25) is 4.21 Å². The maximum atomic E-state index is 11.0. The monoisotopic (exact) mass is 306 g/mol. The SMILES string of the molecule is CCCOc1nc(Cl)nc(NC(C)CCS(C)=O)n1. The predicted molar refractivity (Wildman–Crippen MR) is 77.3 cm³/mol. The van der Waals surface area contributed by atoms with Gasteiger partial charge in [-0.15, -0.1) is 0 Å². The second-order valence-electron chi connectivity index (χ2n) is 4.17. The highest BCUT2D eigenvalue weighted by Gasteiger charge is 2.09. The van der Waals surface area contributed by atoms with Crippen LogP contribution in [0.1, 0.15) is 26.7 Å². The molecule has 1 aromatic rings. The van der Waals surface area contributed by atoms with Crippen molar-refractivity contribution >= 4 is 28.3 Å². The summed E-state index contributed by atoms with van der Waals surface area (Å²) < 4.78 is 16.3. The highest BCUT2D eigenvalue weighted by Crippen LogP contribution is 2.13. The Bertz CT molecular complexity index is 433. The summed E-state index contributed by atoms with van der Waals surface area (Å²) >= 11 is 5.81. The second-order valence-corrected chi connectivity index (χ2v) is 6.06. The quantitative estimate of drug-likeness (QED) is 0.790. The van der Waals surface area contributed by atoms with Gasteiger partial charge in [0.15, 0.2) is 0 Å². The van der Waals surface area contributed by atoms with Crippen LogP contribution in [0.3, 0.4) is 0 Å². The first-order valence-corrected chi connectivity index (χ1v) is 8.22. The topological polar surface area (TPSA) is 77.0 Å². The van der Waals surface area contributed by atoms with Crippen molar-refractivity contribution in [2.45, 2.75) is 32.7 Å². The normalized spacial score (nSPS) is 13.9. The molecule has 6 nitrogen and oxygen atoms in total. The van der Waals surface area contributed by atoms with Gasteiger partial charge in [0, 0.05) is 28.9 Å². The lowest BCUT2D eigenvalue weighted by atomic mass is 10.3. The maximum absolute atomic E-state index is 11.0. The lowest BCUT2D eigenvalue weighted by molar-refractivity contribution is 0.291. The number of hydrogen-bond donors (Lipinski definition) is 1. The van der Waals surface area contributed by atoms with Gasteiger partial charge in [0.25, 0.3) is 0 Å². The molecule has 2 unspecified atom stereocenters. The fraction of sp³-hybridized carbons (Fsp3) is 0.727. The van der Waals surface area contributed by atoms with Crippen LogP contribution in [0.15, 0.2) is 0 Å². The molecule has 0 fully saturated rings. The number of anilines is 1. The van der Waals surface area contributed by atoms with E-state index in [0.717, 1.165) is 12.8 Å². The molecule has 1 heterocycles. The maximum Gasteiger partial charge on any atom is 0.322 e.